The van der Waals surface area contributed by atoms with Gasteiger partial charge < -0.3 is 19.3 Å². The highest BCUT2D eigenvalue weighted by molar-refractivity contribution is 14.1. The molecule has 0 amide bonds. The molecule has 0 aromatic heterocycles. The number of halogens is 4. The first-order chi connectivity index (χ1) is 15.5. The van der Waals surface area contributed by atoms with Crippen molar-refractivity contribution in [1.29, 1.82) is 0 Å². The molecule has 2 aromatic rings. The highest BCUT2D eigenvalue weighted by Crippen LogP contribution is 2.37. The van der Waals surface area contributed by atoms with E-state index in [1.165, 1.54) is 0 Å². The minimum absolute atomic E-state index is 0.187. The Morgan fingerprint density at radius 1 is 1.00 bits per heavy atom. The molecular formula is C21H19I4NO7. The van der Waals surface area contributed by atoms with Crippen LogP contribution >= 0.6 is 90.4 Å². The lowest BCUT2D eigenvalue weighted by molar-refractivity contribution is -0.159. The normalized spacial score (nSPS) is 11.6. The Morgan fingerprint density at radius 3 is 2.09 bits per heavy atom. The fourth-order valence-electron chi connectivity index (χ4n) is 2.65. The number of rotatable bonds is 9. The fraction of sp³-hybridized carbons (Fsp3) is 0.286. The molecule has 0 saturated carbocycles. The Balaban J connectivity index is 2.24. The van der Waals surface area contributed by atoms with Crippen LogP contribution in [-0.4, -0.2) is 42.2 Å². The zero-order valence-corrected chi connectivity index (χ0v) is 26.0. The number of ether oxygens (including phenoxy) is 3. The van der Waals surface area contributed by atoms with Crippen LogP contribution < -0.4 is 10.1 Å². The molecule has 8 nitrogen and oxygen atoms in total. The molecule has 0 fully saturated rings. The molecule has 2 aromatic carbocycles. The lowest BCUT2D eigenvalue weighted by Crippen LogP contribution is -2.43. The summed E-state index contributed by atoms with van der Waals surface area (Å²) in [7, 11) is 0. The summed E-state index contributed by atoms with van der Waals surface area (Å²) < 4.78 is 18.6. The molecule has 178 valence electrons. The van der Waals surface area contributed by atoms with Gasteiger partial charge in [0, 0.05) is 6.92 Å². The van der Waals surface area contributed by atoms with Crippen molar-refractivity contribution in [3.8, 4) is 17.2 Å². The molecule has 2 rings (SSSR count). The maximum atomic E-state index is 12.4. The van der Waals surface area contributed by atoms with Crippen molar-refractivity contribution in [3.05, 3.63) is 44.1 Å². The van der Waals surface area contributed by atoms with E-state index in [4.69, 9.17) is 14.2 Å². The van der Waals surface area contributed by atoms with Crippen LogP contribution in [0, 0.1) is 14.3 Å². The van der Waals surface area contributed by atoms with Crippen molar-refractivity contribution in [2.45, 2.75) is 26.3 Å². The highest BCUT2D eigenvalue weighted by atomic mass is 127. The highest BCUT2D eigenvalue weighted by Gasteiger charge is 2.24. The third-order valence-electron chi connectivity index (χ3n) is 4.04. The number of esters is 3. The van der Waals surface area contributed by atoms with Crippen molar-refractivity contribution < 1.29 is 33.7 Å². The van der Waals surface area contributed by atoms with Gasteiger partial charge >= 0.3 is 17.9 Å². The van der Waals surface area contributed by atoms with E-state index >= 15 is 0 Å². The SMILES string of the molecule is CCOC(=O)CN[C@@H](Cc1cc(I)c(Oc2cc(I)c(O)c(I)c2)c(I)c1)C(=O)OC(C)=O. The van der Waals surface area contributed by atoms with Gasteiger partial charge in [0.2, 0.25) is 0 Å². The van der Waals surface area contributed by atoms with Crippen molar-refractivity contribution in [3.63, 3.8) is 0 Å². The van der Waals surface area contributed by atoms with Crippen molar-refractivity contribution >= 4 is 108 Å². The van der Waals surface area contributed by atoms with Gasteiger partial charge in [-0.3, -0.25) is 14.9 Å². The Morgan fingerprint density at radius 2 is 1.58 bits per heavy atom. The van der Waals surface area contributed by atoms with Crippen LogP contribution in [0.1, 0.15) is 19.4 Å². The largest absolute Gasteiger partial charge is 0.506 e. The molecule has 0 spiro atoms. The van der Waals surface area contributed by atoms with Crippen LogP contribution in [-0.2, 0) is 30.3 Å². The molecule has 2 N–H and O–H groups in total. The Bertz CT molecular complexity index is 1010. The van der Waals surface area contributed by atoms with E-state index < -0.39 is 23.9 Å². The molecule has 0 heterocycles. The van der Waals surface area contributed by atoms with E-state index in [1.54, 1.807) is 19.1 Å². The summed E-state index contributed by atoms with van der Waals surface area (Å²) in [5.74, 6) is -0.575. The molecular weight excluding hydrogens is 886 g/mol. The maximum absolute atomic E-state index is 12.4. The van der Waals surface area contributed by atoms with E-state index in [-0.39, 0.29) is 25.3 Å². The average molecular weight is 905 g/mol. The van der Waals surface area contributed by atoms with Gasteiger partial charge in [-0.05, 0) is 134 Å². The second-order valence-corrected chi connectivity index (χ2v) is 11.2. The van der Waals surface area contributed by atoms with Crippen LogP contribution in [0.25, 0.3) is 0 Å². The predicted octanol–water partition coefficient (Wildman–Crippen LogP) is 4.76. The third-order valence-corrected chi connectivity index (χ3v) is 7.28. The molecule has 0 aliphatic heterocycles. The van der Waals surface area contributed by atoms with Gasteiger partial charge in [0.15, 0.2) is 5.75 Å². The van der Waals surface area contributed by atoms with Crippen LogP contribution in [0.2, 0.25) is 0 Å². The zero-order chi connectivity index (χ0) is 24.7. The maximum Gasteiger partial charge on any atom is 0.331 e. The molecule has 12 heteroatoms. The molecule has 0 aliphatic rings. The van der Waals surface area contributed by atoms with Crippen molar-refractivity contribution in [2.75, 3.05) is 13.2 Å². The van der Waals surface area contributed by atoms with E-state index in [2.05, 4.69) is 50.5 Å². The average Bonchev–Trinajstić information content (AvgIpc) is 2.71. The number of phenols is 1. The lowest BCUT2D eigenvalue weighted by atomic mass is 10.1. The summed E-state index contributed by atoms with van der Waals surface area (Å²) in [5, 5.41) is 12.8. The van der Waals surface area contributed by atoms with Gasteiger partial charge in [-0.15, -0.1) is 0 Å². The number of nitrogens with one attached hydrogen (secondary N) is 1. The number of benzene rings is 2. The van der Waals surface area contributed by atoms with Crippen LogP contribution in [0.3, 0.4) is 0 Å². The Labute approximate surface area is 245 Å². The van der Waals surface area contributed by atoms with E-state index in [0.29, 0.717) is 18.6 Å². The number of hydrogen-bond acceptors (Lipinski definition) is 8. The summed E-state index contributed by atoms with van der Waals surface area (Å²) in [6, 6.07) is 6.27. The Kier molecular flexibility index (Phi) is 11.8. The first-order valence-corrected chi connectivity index (χ1v) is 13.8. The summed E-state index contributed by atoms with van der Waals surface area (Å²) in [4.78, 5) is 35.3. The second-order valence-electron chi connectivity index (χ2n) is 6.58. The van der Waals surface area contributed by atoms with Gasteiger partial charge in [0.25, 0.3) is 0 Å². The fourth-order valence-corrected chi connectivity index (χ4v) is 6.48. The van der Waals surface area contributed by atoms with Crippen LogP contribution in [0.15, 0.2) is 24.3 Å². The topological polar surface area (TPSA) is 111 Å². The number of carbonyl (C=O) groups excluding carboxylic acids is 3. The van der Waals surface area contributed by atoms with Gasteiger partial charge in [0.1, 0.15) is 17.5 Å². The quantitative estimate of drug-likeness (QED) is 0.211. The minimum atomic E-state index is -0.920. The van der Waals surface area contributed by atoms with Gasteiger partial charge in [-0.1, -0.05) is 0 Å². The minimum Gasteiger partial charge on any atom is -0.506 e. The third kappa shape index (κ3) is 8.92. The molecule has 0 saturated heterocycles. The molecule has 1 atom stereocenters. The van der Waals surface area contributed by atoms with Gasteiger partial charge in [0.05, 0.1) is 27.4 Å². The lowest BCUT2D eigenvalue weighted by Gasteiger charge is -2.18. The molecule has 0 aliphatic carbocycles. The monoisotopic (exact) mass is 905 g/mol. The molecule has 0 unspecified atom stereocenters. The number of hydrogen-bond donors (Lipinski definition) is 2. The number of phenolic OH excluding ortho intramolecular Hbond substituents is 1. The van der Waals surface area contributed by atoms with Crippen LogP contribution in [0.4, 0.5) is 0 Å². The van der Waals surface area contributed by atoms with Crippen LogP contribution in [0.5, 0.6) is 17.2 Å². The van der Waals surface area contributed by atoms with E-state index in [1.807, 2.05) is 57.3 Å². The molecule has 33 heavy (non-hydrogen) atoms. The van der Waals surface area contributed by atoms with Gasteiger partial charge in [-0.2, -0.15) is 0 Å². The Hall–Kier alpha value is -0.470. The first kappa shape index (κ1) is 28.8. The summed E-state index contributed by atoms with van der Waals surface area (Å²) >= 11 is 8.36. The summed E-state index contributed by atoms with van der Waals surface area (Å²) in [5.41, 5.74) is 0.785. The number of carbonyl (C=O) groups is 3. The van der Waals surface area contributed by atoms with Gasteiger partial charge in [-0.25, -0.2) is 4.79 Å². The first-order valence-electron chi connectivity index (χ1n) is 9.46. The smallest absolute Gasteiger partial charge is 0.331 e. The summed E-state index contributed by atoms with van der Waals surface area (Å²) in [6.45, 7) is 2.86. The molecule has 0 radical (unpaired) electrons. The standard InChI is InChI=1S/C21H19I4NO7/c1-3-31-18(28)9-26-17(21(30)32-10(2)27)6-11-4-15(24)20(16(25)5-11)33-12-7-13(22)19(29)14(23)8-12/h4-5,7-8,17,26,29H,3,6,9H2,1-2H3/t17-/m0/s1. The predicted molar refractivity (Wildman–Crippen MR) is 154 cm³/mol. The van der Waals surface area contributed by atoms with E-state index in [0.717, 1.165) is 19.6 Å². The van der Waals surface area contributed by atoms with Crippen molar-refractivity contribution in [2.24, 2.45) is 0 Å². The van der Waals surface area contributed by atoms with E-state index in [9.17, 15) is 19.5 Å². The zero-order valence-electron chi connectivity index (χ0n) is 17.4. The summed E-state index contributed by atoms with van der Waals surface area (Å²) in [6.07, 6.45) is 0.187. The second kappa shape index (κ2) is 13.6. The molecule has 0 bridgehead atoms. The number of aromatic hydroxyl groups is 1. The van der Waals surface area contributed by atoms with Crippen molar-refractivity contribution in [1.82, 2.24) is 5.32 Å².